The molecule has 0 spiro atoms. The Bertz CT molecular complexity index is 1160. The van der Waals surface area contributed by atoms with Crippen molar-refractivity contribution in [1.82, 2.24) is 4.98 Å². The van der Waals surface area contributed by atoms with E-state index in [2.05, 4.69) is 10.3 Å². The van der Waals surface area contributed by atoms with Crippen molar-refractivity contribution in [2.45, 2.75) is 11.0 Å². The van der Waals surface area contributed by atoms with Gasteiger partial charge < -0.3 is 14.8 Å². The lowest BCUT2D eigenvalue weighted by Crippen LogP contribution is -2.40. The van der Waals surface area contributed by atoms with Crippen LogP contribution in [0.15, 0.2) is 71.8 Å². The third-order valence-corrected chi connectivity index (χ3v) is 5.24. The normalized spacial score (nSPS) is 15.6. The standard InChI is InChI=1S/C20H17N3O5S/c21-29(25,26)15-7-5-13(6-8-15)16-11-14(9-10-22-16)23-20(24)19-12-27-17-3-1-2-4-18(17)28-19/h1-11,19H,12H2,(H2,21,25,26)(H,22,23,24). The van der Waals surface area contributed by atoms with Gasteiger partial charge in [0.25, 0.3) is 5.91 Å². The quantitative estimate of drug-likeness (QED) is 0.679. The Morgan fingerprint density at radius 2 is 1.79 bits per heavy atom. The van der Waals surface area contributed by atoms with Gasteiger partial charge in [-0.15, -0.1) is 0 Å². The van der Waals surface area contributed by atoms with Crippen molar-refractivity contribution in [2.75, 3.05) is 11.9 Å². The van der Waals surface area contributed by atoms with Gasteiger partial charge in [0, 0.05) is 17.4 Å². The summed E-state index contributed by atoms with van der Waals surface area (Å²) in [7, 11) is -3.76. The third-order valence-electron chi connectivity index (χ3n) is 4.31. The Kier molecular flexibility index (Phi) is 4.91. The van der Waals surface area contributed by atoms with E-state index < -0.39 is 16.1 Å². The summed E-state index contributed by atoms with van der Waals surface area (Å²) in [5.41, 5.74) is 1.77. The second-order valence-corrected chi connectivity index (χ2v) is 7.91. The lowest BCUT2D eigenvalue weighted by Gasteiger charge is -2.25. The third kappa shape index (κ3) is 4.20. The van der Waals surface area contributed by atoms with Gasteiger partial charge in [0.1, 0.15) is 6.61 Å². The maximum atomic E-state index is 12.6. The van der Waals surface area contributed by atoms with Crippen LogP contribution in [0.25, 0.3) is 11.3 Å². The second-order valence-electron chi connectivity index (χ2n) is 6.35. The van der Waals surface area contributed by atoms with Crippen LogP contribution >= 0.6 is 0 Å². The maximum Gasteiger partial charge on any atom is 0.269 e. The fourth-order valence-corrected chi connectivity index (χ4v) is 3.37. The van der Waals surface area contributed by atoms with Crippen molar-refractivity contribution in [1.29, 1.82) is 0 Å². The molecular formula is C20H17N3O5S. The zero-order valence-corrected chi connectivity index (χ0v) is 15.9. The van der Waals surface area contributed by atoms with Gasteiger partial charge in [-0.1, -0.05) is 24.3 Å². The highest BCUT2D eigenvalue weighted by Gasteiger charge is 2.27. The number of anilines is 1. The van der Waals surface area contributed by atoms with Crippen molar-refractivity contribution in [2.24, 2.45) is 5.14 Å². The van der Waals surface area contributed by atoms with Crippen molar-refractivity contribution in [3.05, 3.63) is 66.9 Å². The van der Waals surface area contributed by atoms with Crippen LogP contribution in [-0.2, 0) is 14.8 Å². The number of ether oxygens (including phenoxy) is 2. The minimum Gasteiger partial charge on any atom is -0.485 e. The molecule has 0 fully saturated rings. The number of nitrogens with one attached hydrogen (secondary N) is 1. The van der Waals surface area contributed by atoms with Crippen molar-refractivity contribution >= 4 is 21.6 Å². The number of carbonyl (C=O) groups excluding carboxylic acids is 1. The van der Waals surface area contributed by atoms with E-state index in [1.807, 2.05) is 6.07 Å². The molecule has 0 saturated carbocycles. The van der Waals surface area contributed by atoms with Gasteiger partial charge in [-0.2, -0.15) is 0 Å². The topological polar surface area (TPSA) is 121 Å². The van der Waals surface area contributed by atoms with Crippen LogP contribution in [0.2, 0.25) is 0 Å². The number of fused-ring (bicyclic) bond motifs is 1. The molecule has 3 aromatic rings. The number of nitrogens with two attached hydrogens (primary N) is 1. The molecule has 1 atom stereocenters. The number of aromatic nitrogens is 1. The highest BCUT2D eigenvalue weighted by Crippen LogP contribution is 2.31. The average Bonchev–Trinajstić information content (AvgIpc) is 2.73. The summed E-state index contributed by atoms with van der Waals surface area (Å²) in [6, 6.07) is 16.5. The van der Waals surface area contributed by atoms with Crippen molar-refractivity contribution in [3.8, 4) is 22.8 Å². The van der Waals surface area contributed by atoms with Gasteiger partial charge in [-0.25, -0.2) is 13.6 Å². The molecule has 0 bridgehead atoms. The van der Waals surface area contributed by atoms with Gasteiger partial charge in [-0.3, -0.25) is 9.78 Å². The van der Waals surface area contributed by atoms with E-state index in [1.54, 1.807) is 48.7 Å². The van der Waals surface area contributed by atoms with E-state index in [4.69, 9.17) is 14.6 Å². The molecular weight excluding hydrogens is 394 g/mol. The number of pyridine rings is 1. The first-order valence-electron chi connectivity index (χ1n) is 8.69. The van der Waals surface area contributed by atoms with Gasteiger partial charge >= 0.3 is 0 Å². The summed E-state index contributed by atoms with van der Waals surface area (Å²) < 4.78 is 34.0. The summed E-state index contributed by atoms with van der Waals surface area (Å²) in [5, 5.41) is 7.90. The minimum absolute atomic E-state index is 0.0143. The predicted octanol–water partition coefficient (Wildman–Crippen LogP) is 2.17. The zero-order chi connectivity index (χ0) is 20.4. The van der Waals surface area contributed by atoms with Crippen molar-refractivity contribution < 1.29 is 22.7 Å². The number of carbonyl (C=O) groups is 1. The van der Waals surface area contributed by atoms with Crippen LogP contribution in [-0.4, -0.2) is 32.0 Å². The second kappa shape index (κ2) is 7.53. The number of primary sulfonamides is 1. The van der Waals surface area contributed by atoms with Crippen LogP contribution in [0, 0.1) is 0 Å². The first kappa shape index (κ1) is 18.9. The number of hydrogen-bond donors (Lipinski definition) is 2. The number of hydrogen-bond acceptors (Lipinski definition) is 6. The summed E-state index contributed by atoms with van der Waals surface area (Å²) in [6.45, 7) is 0.107. The van der Waals surface area contributed by atoms with Crippen molar-refractivity contribution in [3.63, 3.8) is 0 Å². The first-order valence-corrected chi connectivity index (χ1v) is 10.2. The monoisotopic (exact) mass is 411 g/mol. The number of para-hydroxylation sites is 2. The molecule has 1 aliphatic heterocycles. The van der Waals surface area contributed by atoms with E-state index in [1.165, 1.54) is 12.1 Å². The molecule has 9 heteroatoms. The van der Waals surface area contributed by atoms with Crippen LogP contribution in [0.4, 0.5) is 5.69 Å². The van der Waals surface area contributed by atoms with Gasteiger partial charge in [0.2, 0.25) is 16.1 Å². The molecule has 4 rings (SSSR count). The number of rotatable bonds is 4. The van der Waals surface area contributed by atoms with Crippen LogP contribution < -0.4 is 19.9 Å². The fourth-order valence-electron chi connectivity index (χ4n) is 2.85. The molecule has 1 amide bonds. The Morgan fingerprint density at radius 1 is 1.07 bits per heavy atom. The number of benzene rings is 2. The van der Waals surface area contributed by atoms with E-state index >= 15 is 0 Å². The van der Waals surface area contributed by atoms with Gasteiger partial charge in [-0.05, 0) is 36.4 Å². The lowest BCUT2D eigenvalue weighted by atomic mass is 10.1. The average molecular weight is 411 g/mol. The smallest absolute Gasteiger partial charge is 0.269 e. The Hall–Kier alpha value is -3.43. The molecule has 0 radical (unpaired) electrons. The molecule has 148 valence electrons. The molecule has 1 aromatic heterocycles. The first-order chi connectivity index (χ1) is 13.9. The number of sulfonamides is 1. The molecule has 2 heterocycles. The predicted molar refractivity (Wildman–Crippen MR) is 106 cm³/mol. The zero-order valence-electron chi connectivity index (χ0n) is 15.1. The van der Waals surface area contributed by atoms with Crippen LogP contribution in [0.3, 0.4) is 0 Å². The summed E-state index contributed by atoms with van der Waals surface area (Å²) in [6.07, 6.45) is 0.766. The largest absolute Gasteiger partial charge is 0.485 e. The molecule has 1 unspecified atom stereocenters. The lowest BCUT2D eigenvalue weighted by molar-refractivity contribution is -0.125. The summed E-state index contributed by atoms with van der Waals surface area (Å²) >= 11 is 0. The maximum absolute atomic E-state index is 12.6. The van der Waals surface area contributed by atoms with E-state index in [0.29, 0.717) is 28.4 Å². The molecule has 8 nitrogen and oxygen atoms in total. The molecule has 0 saturated heterocycles. The SMILES string of the molecule is NS(=O)(=O)c1ccc(-c2cc(NC(=O)C3COc4ccccc4O3)ccn2)cc1. The van der Waals surface area contributed by atoms with Crippen LogP contribution in [0.1, 0.15) is 0 Å². The summed E-state index contributed by atoms with van der Waals surface area (Å²) in [4.78, 5) is 16.8. The Balaban J connectivity index is 1.49. The molecule has 3 N–H and O–H groups in total. The number of amides is 1. The van der Waals surface area contributed by atoms with E-state index in [9.17, 15) is 13.2 Å². The van der Waals surface area contributed by atoms with Gasteiger partial charge in [0.15, 0.2) is 11.5 Å². The molecule has 29 heavy (non-hydrogen) atoms. The number of nitrogens with zero attached hydrogens (tertiary/aromatic N) is 1. The minimum atomic E-state index is -3.76. The highest BCUT2D eigenvalue weighted by molar-refractivity contribution is 7.89. The van der Waals surface area contributed by atoms with E-state index in [0.717, 1.165) is 0 Å². The fraction of sp³-hybridized carbons (Fsp3) is 0.100. The van der Waals surface area contributed by atoms with Crippen LogP contribution in [0.5, 0.6) is 11.5 Å². The van der Waals surface area contributed by atoms with E-state index in [-0.39, 0.29) is 17.4 Å². The molecule has 2 aromatic carbocycles. The van der Waals surface area contributed by atoms with Gasteiger partial charge in [0.05, 0.1) is 10.6 Å². The highest BCUT2D eigenvalue weighted by atomic mass is 32.2. The molecule has 0 aliphatic carbocycles. The Labute approximate surface area is 167 Å². The molecule has 1 aliphatic rings. The Morgan fingerprint density at radius 3 is 2.52 bits per heavy atom. The summed E-state index contributed by atoms with van der Waals surface area (Å²) in [5.74, 6) is 0.774.